The molecule has 0 unspecified atom stereocenters. The molecule has 2 aliphatic rings. The lowest BCUT2D eigenvalue weighted by atomic mass is 9.76. The van der Waals surface area contributed by atoms with Crippen molar-refractivity contribution in [3.8, 4) is 11.3 Å². The van der Waals surface area contributed by atoms with Gasteiger partial charge in [0.2, 0.25) is 10.0 Å². The third-order valence-electron chi connectivity index (χ3n) is 5.77. The van der Waals surface area contributed by atoms with Crippen LogP contribution in [0.25, 0.3) is 11.3 Å². The zero-order valence-corrected chi connectivity index (χ0v) is 16.5. The fourth-order valence-electron chi connectivity index (χ4n) is 4.09. The van der Waals surface area contributed by atoms with Crippen molar-refractivity contribution >= 4 is 16.0 Å². The molecule has 4 rings (SSSR count). The van der Waals surface area contributed by atoms with Crippen molar-refractivity contribution < 1.29 is 27.5 Å². The summed E-state index contributed by atoms with van der Waals surface area (Å²) in [6, 6.07) is 5.07. The minimum absolute atomic E-state index is 0.0371. The van der Waals surface area contributed by atoms with Gasteiger partial charge in [0.1, 0.15) is 5.41 Å². The number of sulfonamides is 1. The Morgan fingerprint density at radius 1 is 1.36 bits per heavy atom. The molecule has 0 saturated carbocycles. The quantitative estimate of drug-likeness (QED) is 0.827. The van der Waals surface area contributed by atoms with Crippen molar-refractivity contribution in [1.82, 2.24) is 9.29 Å². The number of aliphatic carboxylic acids is 1. The Labute approximate surface area is 163 Å². The number of ether oxygens (including phenoxy) is 1. The monoisotopic (exact) mass is 406 g/mol. The summed E-state index contributed by atoms with van der Waals surface area (Å²) in [6.07, 6.45) is 2.09. The van der Waals surface area contributed by atoms with Gasteiger partial charge in [-0.05, 0) is 30.9 Å². The van der Waals surface area contributed by atoms with Crippen LogP contribution < -0.4 is 0 Å². The summed E-state index contributed by atoms with van der Waals surface area (Å²) < 4.78 is 39.0. The molecule has 2 saturated heterocycles. The molecule has 2 aromatic rings. The van der Waals surface area contributed by atoms with Gasteiger partial charge in [-0.2, -0.15) is 4.31 Å². The first-order chi connectivity index (χ1) is 13.2. The number of carbonyl (C=O) groups is 1. The third kappa shape index (κ3) is 2.94. The van der Waals surface area contributed by atoms with Gasteiger partial charge >= 0.3 is 5.97 Å². The topological polar surface area (TPSA) is 110 Å². The lowest BCUT2D eigenvalue weighted by molar-refractivity contribution is -0.159. The van der Waals surface area contributed by atoms with Gasteiger partial charge in [0, 0.05) is 32.2 Å². The van der Waals surface area contributed by atoms with Crippen LogP contribution in [-0.4, -0.2) is 55.1 Å². The van der Waals surface area contributed by atoms with E-state index in [9.17, 15) is 18.3 Å². The van der Waals surface area contributed by atoms with Crippen LogP contribution in [0.15, 0.2) is 33.7 Å². The number of nitrogens with zero attached hydrogens (tertiary/aromatic N) is 2. The molecule has 0 amide bonds. The molecular formula is C19H22N2O6S. The maximum Gasteiger partial charge on any atom is 0.313 e. The number of aromatic nitrogens is 1. The van der Waals surface area contributed by atoms with E-state index in [2.05, 4.69) is 4.98 Å². The molecule has 28 heavy (non-hydrogen) atoms. The van der Waals surface area contributed by atoms with Gasteiger partial charge in [0.05, 0.1) is 17.7 Å². The summed E-state index contributed by atoms with van der Waals surface area (Å²) in [5.41, 5.74) is 0.0203. The third-order valence-corrected chi connectivity index (χ3v) is 7.73. The molecule has 150 valence electrons. The molecule has 1 N–H and O–H groups in total. The van der Waals surface area contributed by atoms with Crippen molar-refractivity contribution in [2.45, 2.75) is 25.2 Å². The van der Waals surface area contributed by atoms with E-state index in [0.717, 1.165) is 0 Å². The lowest BCUT2D eigenvalue weighted by Crippen LogP contribution is -2.46. The first kappa shape index (κ1) is 19.1. The number of carboxylic acid groups (broad SMARTS) is 1. The van der Waals surface area contributed by atoms with Gasteiger partial charge < -0.3 is 14.3 Å². The smallest absolute Gasteiger partial charge is 0.313 e. The van der Waals surface area contributed by atoms with Crippen LogP contribution in [0.4, 0.5) is 0 Å². The van der Waals surface area contributed by atoms with Gasteiger partial charge in [-0.3, -0.25) is 4.79 Å². The van der Waals surface area contributed by atoms with Crippen LogP contribution in [0.3, 0.4) is 0 Å². The largest absolute Gasteiger partial charge is 0.481 e. The molecular weight excluding hydrogens is 384 g/mol. The Bertz CT molecular complexity index is 1030. The first-order valence-electron chi connectivity index (χ1n) is 9.09. The number of oxazole rings is 1. The summed E-state index contributed by atoms with van der Waals surface area (Å²) in [5.74, 6) is -0.280. The molecule has 1 aromatic heterocycles. The van der Waals surface area contributed by atoms with Crippen LogP contribution in [0.2, 0.25) is 0 Å². The maximum atomic E-state index is 13.4. The Balaban J connectivity index is 1.72. The first-order valence-corrected chi connectivity index (χ1v) is 10.5. The minimum atomic E-state index is -3.87. The zero-order valence-electron chi connectivity index (χ0n) is 15.7. The fourth-order valence-corrected chi connectivity index (χ4v) is 5.90. The Hall–Kier alpha value is -2.23. The SMILES string of the molecule is Cc1ncc(-c2ccc(C)c(S(=O)(=O)N3C[C@@H]4CCOC[C@]4(C(=O)O)C3)c2)o1. The standard InChI is InChI=1S/C19H22N2O6S/c1-12-3-4-14(16-8-20-13(2)27-16)7-17(12)28(24,25)21-9-15-5-6-26-11-19(15,10-21)18(22)23/h3-4,7-8,15H,5-6,9-11H2,1-2H3,(H,22,23)/t15-,19+/m0/s1. The van der Waals surface area contributed by atoms with Crippen molar-refractivity contribution in [2.24, 2.45) is 11.3 Å². The number of aryl methyl sites for hydroxylation is 2. The Morgan fingerprint density at radius 3 is 2.79 bits per heavy atom. The van der Waals surface area contributed by atoms with Crippen molar-refractivity contribution in [3.05, 3.63) is 35.9 Å². The van der Waals surface area contributed by atoms with E-state index in [1.54, 1.807) is 38.2 Å². The number of carboxylic acids is 1. The number of hydrogen-bond donors (Lipinski definition) is 1. The van der Waals surface area contributed by atoms with Gasteiger partial charge in [0.15, 0.2) is 11.7 Å². The molecule has 0 aliphatic carbocycles. The van der Waals surface area contributed by atoms with Crippen LogP contribution in [0, 0.1) is 25.2 Å². The van der Waals surface area contributed by atoms with Crippen molar-refractivity contribution in [1.29, 1.82) is 0 Å². The van der Waals surface area contributed by atoms with Crippen LogP contribution in [0.1, 0.15) is 17.9 Å². The maximum absolute atomic E-state index is 13.4. The fraction of sp³-hybridized carbons (Fsp3) is 0.474. The van der Waals surface area contributed by atoms with Crippen molar-refractivity contribution in [2.75, 3.05) is 26.3 Å². The molecule has 3 heterocycles. The van der Waals surface area contributed by atoms with E-state index in [1.165, 1.54) is 4.31 Å². The van der Waals surface area contributed by atoms with Gasteiger partial charge in [-0.15, -0.1) is 0 Å². The average Bonchev–Trinajstić information content (AvgIpc) is 3.26. The van der Waals surface area contributed by atoms with Crippen molar-refractivity contribution in [3.63, 3.8) is 0 Å². The van der Waals surface area contributed by atoms with Gasteiger partial charge in [0.25, 0.3) is 0 Å². The van der Waals surface area contributed by atoms with Crippen LogP contribution in [0.5, 0.6) is 0 Å². The highest BCUT2D eigenvalue weighted by molar-refractivity contribution is 7.89. The van der Waals surface area contributed by atoms with E-state index >= 15 is 0 Å². The predicted octanol–water partition coefficient (Wildman–Crippen LogP) is 2.07. The van der Waals surface area contributed by atoms with Crippen LogP contribution >= 0.6 is 0 Å². The summed E-state index contributed by atoms with van der Waals surface area (Å²) >= 11 is 0. The summed E-state index contributed by atoms with van der Waals surface area (Å²) in [7, 11) is -3.87. The Kier molecular flexibility index (Phi) is 4.56. The second-order valence-electron chi connectivity index (χ2n) is 7.52. The van der Waals surface area contributed by atoms with E-state index in [4.69, 9.17) is 9.15 Å². The highest BCUT2D eigenvalue weighted by atomic mass is 32.2. The second-order valence-corrected chi connectivity index (χ2v) is 9.43. The van der Waals surface area contributed by atoms with E-state index < -0.39 is 21.4 Å². The average molecular weight is 406 g/mol. The molecule has 2 aliphatic heterocycles. The lowest BCUT2D eigenvalue weighted by Gasteiger charge is -2.34. The van der Waals surface area contributed by atoms with Gasteiger partial charge in [-0.25, -0.2) is 13.4 Å². The van der Waals surface area contributed by atoms with E-state index in [-0.39, 0.29) is 30.5 Å². The number of fused-ring (bicyclic) bond motifs is 1. The number of rotatable bonds is 4. The Morgan fingerprint density at radius 2 is 2.14 bits per heavy atom. The molecule has 2 atom stereocenters. The molecule has 9 heteroatoms. The normalized spacial score (nSPS) is 25.6. The zero-order chi connectivity index (χ0) is 20.1. The minimum Gasteiger partial charge on any atom is -0.481 e. The number of hydrogen-bond acceptors (Lipinski definition) is 6. The molecule has 8 nitrogen and oxygen atoms in total. The van der Waals surface area contributed by atoms with Crippen LogP contribution in [-0.2, 0) is 19.6 Å². The van der Waals surface area contributed by atoms with E-state index in [1.807, 2.05) is 0 Å². The highest BCUT2D eigenvalue weighted by Gasteiger charge is 2.56. The molecule has 2 fully saturated rings. The molecule has 0 bridgehead atoms. The summed E-state index contributed by atoms with van der Waals surface area (Å²) in [5, 5.41) is 9.78. The van der Waals surface area contributed by atoms with E-state index in [0.29, 0.717) is 35.8 Å². The molecule has 1 aromatic carbocycles. The predicted molar refractivity (Wildman–Crippen MR) is 99.2 cm³/mol. The number of benzene rings is 1. The highest BCUT2D eigenvalue weighted by Crippen LogP contribution is 2.44. The second kappa shape index (κ2) is 6.68. The van der Waals surface area contributed by atoms with Gasteiger partial charge in [-0.1, -0.05) is 12.1 Å². The molecule has 0 radical (unpaired) electrons. The summed E-state index contributed by atoms with van der Waals surface area (Å²) in [6.45, 7) is 4.03. The molecule has 0 spiro atoms. The summed E-state index contributed by atoms with van der Waals surface area (Å²) in [4.78, 5) is 16.2.